The van der Waals surface area contributed by atoms with Crippen LogP contribution in [-0.4, -0.2) is 6.09 Å². The van der Waals surface area contributed by atoms with Gasteiger partial charge in [0.1, 0.15) is 6.61 Å². The highest BCUT2D eigenvalue weighted by molar-refractivity contribution is 5.67. The lowest BCUT2D eigenvalue weighted by Gasteiger charge is -2.16. The van der Waals surface area contributed by atoms with E-state index in [1.807, 2.05) is 30.3 Å². The molecule has 3 nitrogen and oxygen atoms in total. The van der Waals surface area contributed by atoms with Gasteiger partial charge in [-0.05, 0) is 48.4 Å². The van der Waals surface area contributed by atoms with Crippen LogP contribution in [0.1, 0.15) is 41.7 Å². The lowest BCUT2D eigenvalue weighted by atomic mass is 9.93. The van der Waals surface area contributed by atoms with Crippen molar-refractivity contribution in [2.24, 2.45) is 5.92 Å². The van der Waals surface area contributed by atoms with Crippen LogP contribution in [-0.2, 0) is 24.3 Å². The molecule has 0 unspecified atom stereocenters. The van der Waals surface area contributed by atoms with Crippen molar-refractivity contribution in [1.29, 1.82) is 0 Å². The summed E-state index contributed by atoms with van der Waals surface area (Å²) in [5, 5.41) is 2.88. The fourth-order valence-electron chi connectivity index (χ4n) is 2.90. The summed E-state index contributed by atoms with van der Waals surface area (Å²) in [6, 6.07) is 14.1. The Hall–Kier alpha value is -2.29. The number of carbonyl (C=O) groups excluding carboxylic acids is 1. The summed E-state index contributed by atoms with van der Waals surface area (Å²) >= 11 is 0. The van der Waals surface area contributed by atoms with Crippen molar-refractivity contribution in [1.82, 2.24) is 5.32 Å². The number of amides is 1. The van der Waals surface area contributed by atoms with Crippen molar-refractivity contribution in [2.45, 2.75) is 47.3 Å². The van der Waals surface area contributed by atoms with E-state index in [0.717, 1.165) is 12.0 Å². The van der Waals surface area contributed by atoms with Crippen molar-refractivity contribution in [2.75, 3.05) is 0 Å². The van der Waals surface area contributed by atoms with E-state index in [0.29, 0.717) is 19.1 Å². The highest BCUT2D eigenvalue weighted by Crippen LogP contribution is 2.20. The van der Waals surface area contributed by atoms with Crippen LogP contribution in [0.25, 0.3) is 0 Å². The van der Waals surface area contributed by atoms with E-state index in [4.69, 9.17) is 4.74 Å². The Labute approximate surface area is 145 Å². The molecule has 0 aliphatic carbocycles. The smallest absolute Gasteiger partial charge is 0.407 e. The molecule has 0 saturated heterocycles. The highest BCUT2D eigenvalue weighted by Gasteiger charge is 2.11. The molecule has 1 amide bonds. The number of rotatable bonds is 6. The van der Waals surface area contributed by atoms with E-state index in [2.05, 4.69) is 45.1 Å². The average Bonchev–Trinajstić information content (AvgIpc) is 2.52. The van der Waals surface area contributed by atoms with Crippen LogP contribution >= 0.6 is 0 Å². The van der Waals surface area contributed by atoms with Gasteiger partial charge in [-0.3, -0.25) is 0 Å². The van der Waals surface area contributed by atoms with Crippen molar-refractivity contribution in [3.63, 3.8) is 0 Å². The Morgan fingerprint density at radius 3 is 2.50 bits per heavy atom. The van der Waals surface area contributed by atoms with E-state index in [1.165, 1.54) is 22.3 Å². The first kappa shape index (κ1) is 18.1. The van der Waals surface area contributed by atoms with Crippen LogP contribution in [0.15, 0.2) is 42.5 Å². The van der Waals surface area contributed by atoms with Crippen LogP contribution in [0.4, 0.5) is 4.79 Å². The number of hydrogen-bond acceptors (Lipinski definition) is 2. The summed E-state index contributed by atoms with van der Waals surface area (Å²) < 4.78 is 5.28. The lowest BCUT2D eigenvalue weighted by Crippen LogP contribution is -2.25. The second kappa shape index (κ2) is 8.53. The first-order chi connectivity index (χ1) is 11.5. The molecule has 0 atom stereocenters. The molecule has 2 aromatic rings. The van der Waals surface area contributed by atoms with E-state index >= 15 is 0 Å². The second-order valence-corrected chi connectivity index (χ2v) is 6.73. The van der Waals surface area contributed by atoms with Gasteiger partial charge in [-0.25, -0.2) is 4.79 Å². The van der Waals surface area contributed by atoms with Crippen molar-refractivity contribution in [3.8, 4) is 0 Å². The summed E-state index contributed by atoms with van der Waals surface area (Å²) in [4.78, 5) is 12.0. The number of hydrogen-bond donors (Lipinski definition) is 1. The van der Waals surface area contributed by atoms with Crippen LogP contribution in [0.3, 0.4) is 0 Å². The highest BCUT2D eigenvalue weighted by atomic mass is 16.5. The number of benzene rings is 2. The third-order valence-electron chi connectivity index (χ3n) is 3.96. The molecule has 0 spiro atoms. The number of ether oxygens (including phenoxy) is 1. The van der Waals surface area contributed by atoms with Gasteiger partial charge in [-0.1, -0.05) is 61.9 Å². The zero-order valence-corrected chi connectivity index (χ0v) is 15.1. The number of carbonyl (C=O) groups is 1. The minimum Gasteiger partial charge on any atom is -0.445 e. The van der Waals surface area contributed by atoms with E-state index in [1.54, 1.807) is 0 Å². The van der Waals surface area contributed by atoms with Gasteiger partial charge in [0.25, 0.3) is 0 Å². The third kappa shape index (κ3) is 5.41. The quantitative estimate of drug-likeness (QED) is 0.818. The maximum Gasteiger partial charge on any atom is 0.407 e. The average molecular weight is 325 g/mol. The molecule has 24 heavy (non-hydrogen) atoms. The molecular formula is C21H27NO2. The topological polar surface area (TPSA) is 38.3 Å². The SMILES string of the molecule is Cc1cc(C)c(CNC(=O)OCc2ccccc2)c(CC(C)C)c1. The molecule has 1 N–H and O–H groups in total. The van der Waals surface area contributed by atoms with Gasteiger partial charge in [-0.2, -0.15) is 0 Å². The fourth-order valence-corrected chi connectivity index (χ4v) is 2.90. The standard InChI is InChI=1S/C21H27NO2/c1-15(2)10-19-12-16(3)11-17(4)20(19)13-22-21(23)24-14-18-8-6-5-7-9-18/h5-9,11-12,15H,10,13-14H2,1-4H3,(H,22,23). The minimum absolute atomic E-state index is 0.290. The Morgan fingerprint density at radius 1 is 1.12 bits per heavy atom. The first-order valence-electron chi connectivity index (χ1n) is 8.49. The summed E-state index contributed by atoms with van der Waals surface area (Å²) in [5.74, 6) is 0.579. The first-order valence-corrected chi connectivity index (χ1v) is 8.49. The maximum absolute atomic E-state index is 12.0. The number of nitrogens with one attached hydrogen (secondary N) is 1. The summed E-state index contributed by atoms with van der Waals surface area (Å²) in [5.41, 5.74) is 5.98. The lowest BCUT2D eigenvalue weighted by molar-refractivity contribution is 0.139. The minimum atomic E-state index is -0.380. The normalized spacial score (nSPS) is 10.7. The number of aryl methyl sites for hydroxylation is 2. The van der Waals surface area contributed by atoms with Crippen molar-refractivity contribution in [3.05, 3.63) is 70.3 Å². The molecule has 0 aliphatic rings. The summed E-state index contributed by atoms with van der Waals surface area (Å²) in [6.45, 7) is 9.43. The van der Waals surface area contributed by atoms with Crippen LogP contribution in [0.2, 0.25) is 0 Å². The molecule has 128 valence electrons. The third-order valence-corrected chi connectivity index (χ3v) is 3.96. The van der Waals surface area contributed by atoms with E-state index in [9.17, 15) is 4.79 Å². The van der Waals surface area contributed by atoms with Crippen molar-refractivity contribution < 1.29 is 9.53 Å². The van der Waals surface area contributed by atoms with Gasteiger partial charge >= 0.3 is 6.09 Å². The Kier molecular flexibility index (Phi) is 6.42. The molecule has 2 rings (SSSR count). The molecule has 0 saturated carbocycles. The molecule has 0 aliphatic heterocycles. The maximum atomic E-state index is 12.0. The van der Waals surface area contributed by atoms with Gasteiger partial charge in [0.05, 0.1) is 0 Å². The van der Waals surface area contributed by atoms with E-state index in [-0.39, 0.29) is 6.09 Å². The molecule has 0 fully saturated rings. The molecule has 0 aromatic heterocycles. The van der Waals surface area contributed by atoms with E-state index < -0.39 is 0 Å². The number of alkyl carbamates (subject to hydrolysis) is 1. The Balaban J connectivity index is 1.96. The summed E-state index contributed by atoms with van der Waals surface area (Å²) in [6.07, 6.45) is 0.632. The van der Waals surface area contributed by atoms with Crippen molar-refractivity contribution >= 4 is 6.09 Å². The predicted octanol–water partition coefficient (Wildman–Crippen LogP) is 4.93. The monoisotopic (exact) mass is 325 g/mol. The molecular weight excluding hydrogens is 298 g/mol. The zero-order valence-electron chi connectivity index (χ0n) is 15.1. The second-order valence-electron chi connectivity index (χ2n) is 6.73. The van der Waals surface area contributed by atoms with Gasteiger partial charge < -0.3 is 10.1 Å². The molecule has 0 heterocycles. The van der Waals surface area contributed by atoms with Crippen LogP contribution in [0.5, 0.6) is 0 Å². The fraction of sp³-hybridized carbons (Fsp3) is 0.381. The van der Waals surface area contributed by atoms with Gasteiger partial charge in [0.15, 0.2) is 0 Å². The Bertz CT molecular complexity index is 678. The van der Waals surface area contributed by atoms with Crippen LogP contribution < -0.4 is 5.32 Å². The molecule has 0 bridgehead atoms. The molecule has 2 aromatic carbocycles. The summed E-state index contributed by atoms with van der Waals surface area (Å²) in [7, 11) is 0. The zero-order chi connectivity index (χ0) is 17.5. The Morgan fingerprint density at radius 2 is 1.83 bits per heavy atom. The van der Waals surface area contributed by atoms with Crippen LogP contribution in [0, 0.1) is 19.8 Å². The molecule has 3 heteroatoms. The predicted molar refractivity (Wildman–Crippen MR) is 97.9 cm³/mol. The van der Waals surface area contributed by atoms with Gasteiger partial charge in [0.2, 0.25) is 0 Å². The molecule has 0 radical (unpaired) electrons. The largest absolute Gasteiger partial charge is 0.445 e. The van der Waals surface area contributed by atoms with Gasteiger partial charge in [-0.15, -0.1) is 0 Å². The van der Waals surface area contributed by atoms with Gasteiger partial charge in [0, 0.05) is 6.54 Å².